The van der Waals surface area contributed by atoms with Gasteiger partial charge in [0.2, 0.25) is 5.82 Å². The topological polar surface area (TPSA) is 130 Å². The van der Waals surface area contributed by atoms with Crippen molar-refractivity contribution in [3.05, 3.63) is 29.7 Å². The van der Waals surface area contributed by atoms with E-state index in [0.29, 0.717) is 12.1 Å². The standard InChI is InChI=1S/C15H17BFN5O4S/c16-11-7-9(1-2-12(11)17)19-14(18-4-5-23)13-15(22-26-21-13)20-10-3-6-27(24,25)8-10/h1-2,7,10,23H,3-6,8H2,(H,18,19)(H,20,22)/t10-/m0/s1. The minimum absolute atomic E-state index is 0.00958. The Morgan fingerprint density at radius 2 is 2.26 bits per heavy atom. The summed E-state index contributed by atoms with van der Waals surface area (Å²) in [6.45, 7) is -0.130. The van der Waals surface area contributed by atoms with Crippen molar-refractivity contribution in [1.82, 2.24) is 10.3 Å². The highest BCUT2D eigenvalue weighted by Gasteiger charge is 2.30. The van der Waals surface area contributed by atoms with Crippen LogP contribution in [-0.2, 0) is 9.84 Å². The lowest BCUT2D eigenvalue weighted by Gasteiger charge is -2.12. The van der Waals surface area contributed by atoms with Crippen molar-refractivity contribution in [1.29, 1.82) is 0 Å². The molecule has 142 valence electrons. The first kappa shape index (κ1) is 19.3. The molecule has 3 N–H and O–H groups in total. The number of rotatable bonds is 6. The quantitative estimate of drug-likeness (QED) is 0.339. The number of halogens is 1. The first-order chi connectivity index (χ1) is 12.9. The van der Waals surface area contributed by atoms with Gasteiger partial charge in [-0.15, -0.1) is 0 Å². The molecule has 27 heavy (non-hydrogen) atoms. The second-order valence-electron chi connectivity index (χ2n) is 6.02. The molecule has 0 spiro atoms. The Hall–Kier alpha value is -2.47. The van der Waals surface area contributed by atoms with Crippen molar-refractivity contribution in [3.63, 3.8) is 0 Å². The smallest absolute Gasteiger partial charge is 0.202 e. The normalized spacial score (nSPS) is 19.2. The Morgan fingerprint density at radius 1 is 1.44 bits per heavy atom. The van der Waals surface area contributed by atoms with Gasteiger partial charge in [-0.3, -0.25) is 4.99 Å². The van der Waals surface area contributed by atoms with Crippen molar-refractivity contribution in [3.8, 4) is 0 Å². The van der Waals surface area contributed by atoms with Crippen LogP contribution < -0.4 is 16.1 Å². The van der Waals surface area contributed by atoms with E-state index in [-0.39, 0.29) is 53.5 Å². The van der Waals surface area contributed by atoms with Crippen molar-refractivity contribution < 1.29 is 22.5 Å². The SMILES string of the molecule is [B]c1cc(NC(=NCCO)c2nonc2N[C@H]2CCS(=O)(=O)C2)ccc1F. The van der Waals surface area contributed by atoms with Crippen LogP contribution in [0.1, 0.15) is 12.1 Å². The van der Waals surface area contributed by atoms with Gasteiger partial charge in [-0.1, -0.05) is 5.46 Å². The molecule has 1 saturated heterocycles. The summed E-state index contributed by atoms with van der Waals surface area (Å²) in [5, 5.41) is 22.6. The molecule has 1 aromatic heterocycles. The van der Waals surface area contributed by atoms with Crippen LogP contribution in [0.25, 0.3) is 0 Å². The fraction of sp³-hybridized carbons (Fsp3) is 0.400. The van der Waals surface area contributed by atoms with Gasteiger partial charge >= 0.3 is 0 Å². The maximum atomic E-state index is 13.4. The molecule has 2 radical (unpaired) electrons. The highest BCUT2D eigenvalue weighted by molar-refractivity contribution is 7.91. The second-order valence-corrected chi connectivity index (χ2v) is 8.25. The Bertz CT molecular complexity index is 949. The molecule has 1 fully saturated rings. The summed E-state index contributed by atoms with van der Waals surface area (Å²) < 4.78 is 41.4. The fourth-order valence-electron chi connectivity index (χ4n) is 2.63. The molecular weight excluding hydrogens is 376 g/mol. The average molecular weight is 393 g/mol. The Morgan fingerprint density at radius 3 is 2.93 bits per heavy atom. The minimum atomic E-state index is -3.07. The van der Waals surface area contributed by atoms with E-state index in [1.165, 1.54) is 18.2 Å². The molecule has 9 nitrogen and oxygen atoms in total. The number of aromatic nitrogens is 2. The maximum Gasteiger partial charge on any atom is 0.202 e. The van der Waals surface area contributed by atoms with Crippen LogP contribution in [0.5, 0.6) is 0 Å². The largest absolute Gasteiger partial charge is 0.394 e. The minimum Gasteiger partial charge on any atom is -0.394 e. The van der Waals surface area contributed by atoms with Gasteiger partial charge in [-0.05, 0) is 34.9 Å². The summed E-state index contributed by atoms with van der Waals surface area (Å²) in [5.41, 5.74) is 0.605. The third-order valence-electron chi connectivity index (χ3n) is 3.91. The number of anilines is 2. The lowest BCUT2D eigenvalue weighted by atomic mass is 9.95. The highest BCUT2D eigenvalue weighted by atomic mass is 32.2. The summed E-state index contributed by atoms with van der Waals surface area (Å²) >= 11 is 0. The second kappa shape index (κ2) is 8.05. The lowest BCUT2D eigenvalue weighted by Crippen LogP contribution is -2.24. The molecule has 1 atom stereocenters. The van der Waals surface area contributed by atoms with E-state index >= 15 is 0 Å². The van der Waals surface area contributed by atoms with E-state index < -0.39 is 15.7 Å². The summed E-state index contributed by atoms with van der Waals surface area (Å²) in [6, 6.07) is 3.73. The van der Waals surface area contributed by atoms with Gasteiger partial charge in [0, 0.05) is 11.7 Å². The van der Waals surface area contributed by atoms with Crippen LogP contribution in [0.3, 0.4) is 0 Å². The van der Waals surface area contributed by atoms with Crippen LogP contribution in [0, 0.1) is 5.82 Å². The zero-order valence-electron chi connectivity index (χ0n) is 14.2. The van der Waals surface area contributed by atoms with Gasteiger partial charge in [-0.25, -0.2) is 17.4 Å². The molecular formula is C15H17BFN5O4S. The summed E-state index contributed by atoms with van der Waals surface area (Å²) in [7, 11) is 2.50. The molecule has 1 aliphatic heterocycles. The molecule has 0 saturated carbocycles. The van der Waals surface area contributed by atoms with E-state index in [2.05, 4.69) is 25.9 Å². The van der Waals surface area contributed by atoms with Gasteiger partial charge in [-0.2, -0.15) is 0 Å². The van der Waals surface area contributed by atoms with Crippen molar-refractivity contribution in [2.75, 3.05) is 35.3 Å². The van der Waals surface area contributed by atoms with Crippen LogP contribution >= 0.6 is 0 Å². The van der Waals surface area contributed by atoms with Crippen LogP contribution in [0.15, 0.2) is 27.8 Å². The highest BCUT2D eigenvalue weighted by Crippen LogP contribution is 2.20. The Kier molecular flexibility index (Phi) is 5.75. The van der Waals surface area contributed by atoms with E-state index in [1.54, 1.807) is 0 Å². The number of aliphatic hydroxyl groups is 1. The van der Waals surface area contributed by atoms with E-state index in [4.69, 9.17) is 17.6 Å². The molecule has 3 rings (SSSR count). The number of hydrogen-bond donors (Lipinski definition) is 3. The van der Waals surface area contributed by atoms with Gasteiger partial charge in [0.1, 0.15) is 13.7 Å². The van der Waals surface area contributed by atoms with Gasteiger partial charge in [0.25, 0.3) is 0 Å². The van der Waals surface area contributed by atoms with E-state index in [9.17, 15) is 12.8 Å². The van der Waals surface area contributed by atoms with Crippen LogP contribution in [0.2, 0.25) is 0 Å². The van der Waals surface area contributed by atoms with E-state index in [1.807, 2.05) is 0 Å². The summed E-state index contributed by atoms with van der Waals surface area (Å²) in [5.74, 6) is -0.0351. The Balaban J connectivity index is 1.83. The molecule has 12 heteroatoms. The average Bonchev–Trinajstić information content (AvgIpc) is 3.21. The van der Waals surface area contributed by atoms with Crippen molar-refractivity contribution in [2.24, 2.45) is 4.99 Å². The third kappa shape index (κ3) is 4.83. The molecule has 1 aromatic carbocycles. The molecule has 1 aliphatic rings. The van der Waals surface area contributed by atoms with Gasteiger partial charge < -0.3 is 15.7 Å². The van der Waals surface area contributed by atoms with Crippen molar-refractivity contribution in [2.45, 2.75) is 12.5 Å². The molecule has 0 bridgehead atoms. The van der Waals surface area contributed by atoms with Crippen molar-refractivity contribution >= 4 is 40.5 Å². The number of hydrogen-bond acceptors (Lipinski definition) is 8. The maximum absolute atomic E-state index is 13.4. The van der Waals surface area contributed by atoms with Gasteiger partial charge in [0.05, 0.1) is 24.7 Å². The zero-order valence-corrected chi connectivity index (χ0v) is 15.0. The number of aliphatic hydroxyl groups excluding tert-OH is 1. The molecule has 2 aromatic rings. The summed E-state index contributed by atoms with van der Waals surface area (Å²) in [6.07, 6.45) is 0.444. The van der Waals surface area contributed by atoms with Gasteiger partial charge in [0.15, 0.2) is 21.4 Å². The van der Waals surface area contributed by atoms with Crippen LogP contribution in [0.4, 0.5) is 15.9 Å². The molecule has 2 heterocycles. The lowest BCUT2D eigenvalue weighted by molar-refractivity contribution is 0.305. The summed E-state index contributed by atoms with van der Waals surface area (Å²) in [4.78, 5) is 4.20. The number of nitrogens with one attached hydrogen (secondary N) is 2. The zero-order chi connectivity index (χ0) is 19.4. The third-order valence-corrected chi connectivity index (χ3v) is 5.68. The number of amidine groups is 1. The first-order valence-corrected chi connectivity index (χ1v) is 9.97. The number of aliphatic imine (C=N–C) groups is 1. The number of benzene rings is 1. The fourth-order valence-corrected chi connectivity index (χ4v) is 4.31. The van der Waals surface area contributed by atoms with Crippen LogP contribution in [-0.4, -0.2) is 68.2 Å². The molecule has 0 unspecified atom stereocenters. The van der Waals surface area contributed by atoms with E-state index in [0.717, 1.165) is 0 Å². The predicted molar refractivity (Wildman–Crippen MR) is 98.9 cm³/mol. The molecule has 0 aliphatic carbocycles. The molecule has 0 amide bonds. The Labute approximate surface area is 156 Å². The number of nitrogens with zero attached hydrogens (tertiary/aromatic N) is 3. The predicted octanol–water partition coefficient (Wildman–Crippen LogP) is -0.548. The first-order valence-electron chi connectivity index (χ1n) is 8.15. The monoisotopic (exact) mass is 393 g/mol. The number of sulfone groups is 1.